The molecule has 9 heteroatoms. The van der Waals surface area contributed by atoms with E-state index in [1.54, 1.807) is 6.07 Å². The van der Waals surface area contributed by atoms with Crippen LogP contribution in [0.25, 0.3) is 22.5 Å². The van der Waals surface area contributed by atoms with Gasteiger partial charge in [0.05, 0.1) is 18.1 Å². The average Bonchev–Trinajstić information content (AvgIpc) is 3.32. The molecule has 0 bridgehead atoms. The summed E-state index contributed by atoms with van der Waals surface area (Å²) < 4.78 is 11.4. The van der Waals surface area contributed by atoms with Gasteiger partial charge in [0.15, 0.2) is 0 Å². The topological polar surface area (TPSA) is 122 Å². The van der Waals surface area contributed by atoms with Crippen molar-refractivity contribution in [3.63, 3.8) is 0 Å². The fraction of sp³-hybridized carbons (Fsp3) is 0.143. The van der Waals surface area contributed by atoms with Crippen molar-refractivity contribution in [2.45, 2.75) is 0 Å². The maximum absolute atomic E-state index is 13.2. The molecule has 0 aliphatic carbocycles. The van der Waals surface area contributed by atoms with Crippen LogP contribution in [0.15, 0.2) is 83.3 Å². The van der Waals surface area contributed by atoms with Crippen molar-refractivity contribution in [2.24, 2.45) is 0 Å². The van der Waals surface area contributed by atoms with E-state index in [-0.39, 0.29) is 22.7 Å². The number of carbonyl (C=O) groups excluding carboxylic acids is 1. The number of hydrogen-bond acceptors (Lipinski definition) is 7. The number of furan rings is 1. The van der Waals surface area contributed by atoms with Crippen LogP contribution in [-0.2, 0) is 4.74 Å². The van der Waals surface area contributed by atoms with Crippen molar-refractivity contribution in [2.75, 3.05) is 36.5 Å². The molecule has 9 nitrogen and oxygen atoms in total. The number of carbonyl (C=O) groups is 1. The summed E-state index contributed by atoms with van der Waals surface area (Å²) in [5.74, 6) is -0.210. The van der Waals surface area contributed by atoms with Gasteiger partial charge in [-0.3, -0.25) is 20.2 Å². The number of nitro benzene ring substituents is 1. The standard InChI is InChI=1S/C28H22N4O5/c29-18-22-25(19-7-3-1-4-8-19)26(20-9-5-2-6-10-20)37-28(22)30-27(33)21-11-12-23(24(17-21)32(34)35)31-13-15-36-16-14-31/h1-12,17H,13-16H2,(H,30,33). The number of morpholine rings is 1. The second-order valence-electron chi connectivity index (χ2n) is 8.37. The molecule has 0 radical (unpaired) electrons. The molecule has 1 aromatic heterocycles. The maximum Gasteiger partial charge on any atom is 0.293 e. The van der Waals surface area contributed by atoms with Gasteiger partial charge in [0, 0.05) is 35.8 Å². The molecular formula is C28H22N4O5. The Balaban J connectivity index is 1.53. The first-order chi connectivity index (χ1) is 18.1. The normalized spacial score (nSPS) is 13.1. The van der Waals surface area contributed by atoms with Crippen LogP contribution < -0.4 is 10.2 Å². The Hall–Kier alpha value is -4.94. The van der Waals surface area contributed by atoms with E-state index in [1.807, 2.05) is 65.6 Å². The fourth-order valence-corrected chi connectivity index (χ4v) is 4.36. The second-order valence-corrected chi connectivity index (χ2v) is 8.37. The van der Waals surface area contributed by atoms with Crippen LogP contribution in [0.1, 0.15) is 15.9 Å². The van der Waals surface area contributed by atoms with Gasteiger partial charge in [-0.15, -0.1) is 0 Å². The third-order valence-corrected chi connectivity index (χ3v) is 6.13. The third-order valence-electron chi connectivity index (χ3n) is 6.13. The number of nitro groups is 1. The lowest BCUT2D eigenvalue weighted by Crippen LogP contribution is -2.36. The van der Waals surface area contributed by atoms with E-state index in [2.05, 4.69) is 11.4 Å². The molecule has 0 atom stereocenters. The Bertz CT molecular complexity index is 1490. The van der Waals surface area contributed by atoms with E-state index in [9.17, 15) is 20.2 Å². The minimum atomic E-state index is -0.624. The Morgan fingerprint density at radius 1 is 0.973 bits per heavy atom. The lowest BCUT2D eigenvalue weighted by Gasteiger charge is -2.28. The maximum atomic E-state index is 13.2. The number of nitrogens with one attached hydrogen (secondary N) is 1. The van der Waals surface area contributed by atoms with Gasteiger partial charge in [0.1, 0.15) is 23.1 Å². The molecule has 0 unspecified atom stereocenters. The highest BCUT2D eigenvalue weighted by atomic mass is 16.6. The fourth-order valence-electron chi connectivity index (χ4n) is 4.36. The van der Waals surface area contributed by atoms with Crippen LogP contribution in [0.4, 0.5) is 17.3 Å². The number of nitrogens with zero attached hydrogens (tertiary/aromatic N) is 3. The smallest absolute Gasteiger partial charge is 0.293 e. The molecule has 4 aromatic rings. The Morgan fingerprint density at radius 3 is 2.24 bits per heavy atom. The van der Waals surface area contributed by atoms with Crippen molar-refractivity contribution < 1.29 is 18.9 Å². The summed E-state index contributed by atoms with van der Waals surface area (Å²) in [6, 6.07) is 25.1. The number of nitriles is 1. The first-order valence-corrected chi connectivity index (χ1v) is 11.7. The minimum Gasteiger partial charge on any atom is -0.438 e. The van der Waals surface area contributed by atoms with E-state index in [4.69, 9.17) is 9.15 Å². The van der Waals surface area contributed by atoms with Crippen LogP contribution in [0.2, 0.25) is 0 Å². The molecule has 2 heterocycles. The first-order valence-electron chi connectivity index (χ1n) is 11.7. The van der Waals surface area contributed by atoms with Gasteiger partial charge in [-0.2, -0.15) is 5.26 Å². The van der Waals surface area contributed by atoms with Gasteiger partial charge < -0.3 is 14.1 Å². The van der Waals surface area contributed by atoms with Gasteiger partial charge in [-0.25, -0.2) is 0 Å². The lowest BCUT2D eigenvalue weighted by molar-refractivity contribution is -0.384. The molecule has 3 aromatic carbocycles. The van der Waals surface area contributed by atoms with E-state index >= 15 is 0 Å². The molecule has 0 spiro atoms. The highest BCUT2D eigenvalue weighted by Crippen LogP contribution is 2.41. The summed E-state index contributed by atoms with van der Waals surface area (Å²) in [6.45, 7) is 1.99. The lowest BCUT2D eigenvalue weighted by atomic mass is 9.98. The predicted molar refractivity (Wildman–Crippen MR) is 138 cm³/mol. The number of benzene rings is 3. The molecule has 1 aliphatic rings. The Morgan fingerprint density at radius 2 is 1.62 bits per heavy atom. The van der Waals surface area contributed by atoms with Crippen molar-refractivity contribution >= 4 is 23.2 Å². The van der Waals surface area contributed by atoms with Crippen molar-refractivity contribution in [3.05, 3.63) is 100 Å². The van der Waals surface area contributed by atoms with E-state index in [0.717, 1.165) is 11.1 Å². The van der Waals surface area contributed by atoms with Crippen molar-refractivity contribution in [1.29, 1.82) is 5.26 Å². The summed E-state index contributed by atoms with van der Waals surface area (Å²) in [7, 11) is 0. The van der Waals surface area contributed by atoms with Gasteiger partial charge >= 0.3 is 0 Å². The molecule has 1 saturated heterocycles. The largest absolute Gasteiger partial charge is 0.438 e. The molecule has 1 N–H and O–H groups in total. The monoisotopic (exact) mass is 494 g/mol. The molecule has 1 fully saturated rings. The molecular weight excluding hydrogens is 472 g/mol. The summed E-state index contributed by atoms with van der Waals surface area (Å²) >= 11 is 0. The highest BCUT2D eigenvalue weighted by Gasteiger charge is 2.27. The van der Waals surface area contributed by atoms with Gasteiger partial charge in [0.25, 0.3) is 11.6 Å². The summed E-state index contributed by atoms with van der Waals surface area (Å²) in [5.41, 5.74) is 2.54. The quantitative estimate of drug-likeness (QED) is 0.278. The van der Waals surface area contributed by atoms with Gasteiger partial charge in [0.2, 0.25) is 5.88 Å². The molecule has 184 valence electrons. The molecule has 1 amide bonds. The van der Waals surface area contributed by atoms with Crippen LogP contribution in [0, 0.1) is 21.4 Å². The summed E-state index contributed by atoms with van der Waals surface area (Å²) in [4.78, 5) is 26.4. The number of anilines is 2. The molecule has 0 saturated carbocycles. The SMILES string of the molecule is N#Cc1c(NC(=O)c2ccc(N3CCOCC3)c([N+](=O)[O-])c2)oc(-c2ccccc2)c1-c1ccccc1. The zero-order chi connectivity index (χ0) is 25.8. The van der Waals surface area contributed by atoms with E-state index in [0.29, 0.717) is 43.3 Å². The number of amides is 1. The number of rotatable bonds is 6. The van der Waals surface area contributed by atoms with Gasteiger partial charge in [-0.05, 0) is 17.7 Å². The zero-order valence-corrected chi connectivity index (χ0v) is 19.7. The molecule has 1 aliphatic heterocycles. The zero-order valence-electron chi connectivity index (χ0n) is 19.7. The second kappa shape index (κ2) is 10.4. The van der Waals surface area contributed by atoms with Crippen LogP contribution in [0.5, 0.6) is 0 Å². The molecule has 37 heavy (non-hydrogen) atoms. The van der Waals surface area contributed by atoms with Crippen LogP contribution >= 0.6 is 0 Å². The first kappa shape index (κ1) is 23.8. The highest BCUT2D eigenvalue weighted by molar-refractivity contribution is 6.06. The van der Waals surface area contributed by atoms with E-state index in [1.165, 1.54) is 12.1 Å². The predicted octanol–water partition coefficient (Wildman–Crippen LogP) is 5.48. The van der Waals surface area contributed by atoms with E-state index < -0.39 is 10.8 Å². The summed E-state index contributed by atoms with van der Waals surface area (Å²) in [6.07, 6.45) is 0. The van der Waals surface area contributed by atoms with Crippen LogP contribution in [-0.4, -0.2) is 37.1 Å². The van der Waals surface area contributed by atoms with Crippen molar-refractivity contribution in [3.8, 4) is 28.5 Å². The Kier molecular flexibility index (Phi) is 6.66. The number of ether oxygens (including phenoxy) is 1. The molecule has 5 rings (SSSR count). The van der Waals surface area contributed by atoms with Crippen molar-refractivity contribution in [1.82, 2.24) is 0 Å². The summed E-state index contributed by atoms with van der Waals surface area (Å²) in [5, 5.41) is 24.5. The minimum absolute atomic E-state index is 0.0230. The average molecular weight is 495 g/mol. The third kappa shape index (κ3) is 4.78. The van der Waals surface area contributed by atoms with Crippen LogP contribution in [0.3, 0.4) is 0 Å². The Labute approximate surface area is 212 Å². The number of hydrogen-bond donors (Lipinski definition) is 1. The van der Waals surface area contributed by atoms with Gasteiger partial charge in [-0.1, -0.05) is 60.7 Å².